The van der Waals surface area contributed by atoms with Crippen molar-refractivity contribution in [2.75, 3.05) is 11.1 Å². The molecule has 0 aliphatic carbocycles. The molecule has 0 aliphatic rings. The monoisotopic (exact) mass is 704 g/mol. The zero-order valence-corrected chi connectivity index (χ0v) is 25.3. The van der Waals surface area contributed by atoms with Crippen LogP contribution in [0.2, 0.25) is 0 Å². The number of rotatable bonds is 11. The van der Waals surface area contributed by atoms with Crippen LogP contribution in [0.3, 0.4) is 0 Å². The zero-order valence-electron chi connectivity index (χ0n) is 20.8. The van der Waals surface area contributed by atoms with E-state index in [2.05, 4.69) is 64.6 Å². The number of anilines is 1. The van der Waals surface area contributed by atoms with E-state index in [0.717, 1.165) is 27.1 Å². The van der Waals surface area contributed by atoms with Crippen LogP contribution >= 0.6 is 50.3 Å². The minimum atomic E-state index is -0.242. The molecule has 38 heavy (non-hydrogen) atoms. The highest BCUT2D eigenvalue weighted by Crippen LogP contribution is 2.23. The summed E-state index contributed by atoms with van der Waals surface area (Å²) in [6.45, 7) is 2.46. The predicted octanol–water partition coefficient (Wildman–Crippen LogP) is 6.18. The van der Waals surface area contributed by atoms with Gasteiger partial charge in [-0.25, -0.2) is 5.43 Å². The van der Waals surface area contributed by atoms with Gasteiger partial charge in [0.05, 0.1) is 18.0 Å². The highest BCUT2D eigenvalue weighted by Gasteiger charge is 2.16. The fourth-order valence-corrected chi connectivity index (χ4v) is 4.82. The zero-order chi connectivity index (χ0) is 26.9. The Labute approximate surface area is 247 Å². The van der Waals surface area contributed by atoms with Gasteiger partial charge in [0.2, 0.25) is 0 Å². The molecule has 4 aromatic rings. The molecule has 0 spiro atoms. The number of carbonyl (C=O) groups is 1. The third-order valence-electron chi connectivity index (χ3n) is 5.44. The first kappa shape index (κ1) is 28.1. The Morgan fingerprint density at radius 1 is 1.13 bits per heavy atom. The minimum Gasteiger partial charge on any atom is -0.488 e. The van der Waals surface area contributed by atoms with Gasteiger partial charge in [0.15, 0.2) is 11.0 Å². The van der Waals surface area contributed by atoms with Crippen molar-refractivity contribution < 1.29 is 9.53 Å². The second-order valence-electron chi connectivity index (χ2n) is 8.31. The number of ether oxygens (including phenoxy) is 1. The fourth-order valence-electron chi connectivity index (χ4n) is 3.49. The molecule has 1 atom stereocenters. The summed E-state index contributed by atoms with van der Waals surface area (Å²) < 4.78 is 10.0. The van der Waals surface area contributed by atoms with Crippen LogP contribution in [0.25, 0.3) is 0 Å². The number of benzene rings is 3. The summed E-state index contributed by atoms with van der Waals surface area (Å²) in [6.07, 6.45) is 1.58. The van der Waals surface area contributed by atoms with Gasteiger partial charge in [-0.2, -0.15) is 5.10 Å². The van der Waals surface area contributed by atoms with Crippen molar-refractivity contribution in [1.82, 2.24) is 20.2 Å². The van der Waals surface area contributed by atoms with Gasteiger partial charge in [0, 0.05) is 26.3 Å². The normalized spacial score (nSPS) is 11.9. The van der Waals surface area contributed by atoms with Crippen LogP contribution in [0, 0.1) is 3.57 Å². The van der Waals surface area contributed by atoms with Crippen LogP contribution < -0.4 is 15.5 Å². The van der Waals surface area contributed by atoms with E-state index in [0.29, 0.717) is 17.5 Å². The number of carbonyl (C=O) groups excluding carboxylic acids is 1. The standard InChI is InChI=1S/C27H26BrIN6O2S/c1-18(31-23-13-11-22(29)12-14-23)26-33-34-27(35(26)2)38-17-25(36)32-30-15-20-5-3-4-6-24(20)37-16-19-7-9-21(28)10-8-19/h3-15,18,31H,16-17H2,1-2H3,(H,32,36)/b30-15-/t18-/m0/s1. The molecule has 11 heteroatoms. The molecule has 1 heterocycles. The molecular weight excluding hydrogens is 679 g/mol. The van der Waals surface area contributed by atoms with Crippen molar-refractivity contribution in [2.45, 2.75) is 24.7 Å². The first-order chi connectivity index (χ1) is 18.4. The van der Waals surface area contributed by atoms with E-state index in [9.17, 15) is 4.79 Å². The lowest BCUT2D eigenvalue weighted by Crippen LogP contribution is -2.20. The van der Waals surface area contributed by atoms with Crippen molar-refractivity contribution in [3.05, 3.63) is 97.8 Å². The van der Waals surface area contributed by atoms with Crippen molar-refractivity contribution in [3.8, 4) is 5.75 Å². The third kappa shape index (κ3) is 8.05. The molecule has 1 amide bonds. The summed E-state index contributed by atoms with van der Waals surface area (Å²) in [4.78, 5) is 12.4. The van der Waals surface area contributed by atoms with Crippen LogP contribution in [0.15, 0.2) is 87.5 Å². The summed E-state index contributed by atoms with van der Waals surface area (Å²) in [5.41, 5.74) is 5.40. The van der Waals surface area contributed by atoms with Crippen LogP contribution in [0.4, 0.5) is 5.69 Å². The van der Waals surface area contributed by atoms with Crippen LogP contribution in [0.5, 0.6) is 5.75 Å². The summed E-state index contributed by atoms with van der Waals surface area (Å²) in [5.74, 6) is 1.38. The predicted molar refractivity (Wildman–Crippen MR) is 164 cm³/mol. The maximum atomic E-state index is 12.4. The van der Waals surface area contributed by atoms with E-state index in [1.807, 2.05) is 91.3 Å². The summed E-state index contributed by atoms with van der Waals surface area (Å²) in [7, 11) is 1.89. The van der Waals surface area contributed by atoms with Crippen molar-refractivity contribution in [1.29, 1.82) is 0 Å². The number of hydrogen-bond donors (Lipinski definition) is 2. The first-order valence-electron chi connectivity index (χ1n) is 11.7. The molecule has 0 unspecified atom stereocenters. The van der Waals surface area contributed by atoms with Gasteiger partial charge < -0.3 is 14.6 Å². The molecule has 0 saturated heterocycles. The van der Waals surface area contributed by atoms with E-state index in [1.165, 1.54) is 15.3 Å². The van der Waals surface area contributed by atoms with Crippen LogP contribution in [-0.2, 0) is 18.4 Å². The van der Waals surface area contributed by atoms with Gasteiger partial charge in [-0.15, -0.1) is 10.2 Å². The lowest BCUT2D eigenvalue weighted by atomic mass is 10.2. The molecule has 8 nitrogen and oxygen atoms in total. The summed E-state index contributed by atoms with van der Waals surface area (Å²) in [5, 5.41) is 16.8. The van der Waals surface area contributed by atoms with Gasteiger partial charge in [-0.3, -0.25) is 4.79 Å². The Kier molecular flexibility index (Phi) is 10.2. The topological polar surface area (TPSA) is 93.4 Å². The molecule has 0 bridgehead atoms. The van der Waals surface area contributed by atoms with Crippen molar-refractivity contribution in [3.63, 3.8) is 0 Å². The van der Waals surface area contributed by atoms with E-state index < -0.39 is 0 Å². The van der Waals surface area contributed by atoms with E-state index in [-0.39, 0.29) is 17.7 Å². The summed E-state index contributed by atoms with van der Waals surface area (Å²) in [6, 6.07) is 23.6. The Morgan fingerprint density at radius 3 is 2.63 bits per heavy atom. The van der Waals surface area contributed by atoms with Gasteiger partial charge in [0.25, 0.3) is 5.91 Å². The number of hydrogen-bond acceptors (Lipinski definition) is 7. The number of amides is 1. The molecule has 0 saturated carbocycles. The number of aromatic nitrogens is 3. The number of para-hydroxylation sites is 1. The lowest BCUT2D eigenvalue weighted by molar-refractivity contribution is -0.118. The minimum absolute atomic E-state index is 0.0496. The Hall–Kier alpha value is -2.90. The molecule has 0 radical (unpaired) electrons. The molecule has 4 rings (SSSR count). The molecular formula is C27H26BrIN6O2S. The second-order valence-corrected chi connectivity index (χ2v) is 11.4. The molecule has 0 fully saturated rings. The Morgan fingerprint density at radius 2 is 1.87 bits per heavy atom. The fraction of sp³-hybridized carbons (Fsp3) is 0.185. The average molecular weight is 705 g/mol. The molecule has 2 N–H and O–H groups in total. The lowest BCUT2D eigenvalue weighted by Gasteiger charge is -2.14. The number of hydrazone groups is 1. The van der Waals surface area contributed by atoms with Gasteiger partial charge >= 0.3 is 0 Å². The van der Waals surface area contributed by atoms with Crippen LogP contribution in [-0.4, -0.2) is 32.6 Å². The number of halogens is 2. The van der Waals surface area contributed by atoms with Crippen molar-refractivity contribution in [2.24, 2.45) is 12.1 Å². The highest BCUT2D eigenvalue weighted by atomic mass is 127. The van der Waals surface area contributed by atoms with E-state index in [1.54, 1.807) is 6.21 Å². The largest absolute Gasteiger partial charge is 0.488 e. The maximum absolute atomic E-state index is 12.4. The van der Waals surface area contributed by atoms with E-state index >= 15 is 0 Å². The van der Waals surface area contributed by atoms with Crippen LogP contribution in [0.1, 0.15) is 29.9 Å². The Bertz CT molecular complexity index is 1400. The van der Waals surface area contributed by atoms with Gasteiger partial charge in [-0.05, 0) is 83.6 Å². The quantitative estimate of drug-likeness (QED) is 0.0839. The molecule has 0 aliphatic heterocycles. The maximum Gasteiger partial charge on any atom is 0.250 e. The van der Waals surface area contributed by atoms with Gasteiger partial charge in [0.1, 0.15) is 12.4 Å². The molecule has 3 aromatic carbocycles. The summed E-state index contributed by atoms with van der Waals surface area (Å²) >= 11 is 7.02. The third-order valence-corrected chi connectivity index (χ3v) is 7.70. The second kappa shape index (κ2) is 13.8. The Balaban J connectivity index is 1.27. The smallest absolute Gasteiger partial charge is 0.250 e. The number of nitrogens with zero attached hydrogens (tertiary/aromatic N) is 4. The van der Waals surface area contributed by atoms with E-state index in [4.69, 9.17) is 4.74 Å². The number of nitrogens with one attached hydrogen (secondary N) is 2. The van der Waals surface area contributed by atoms with Crippen molar-refractivity contribution >= 4 is 68.1 Å². The highest BCUT2D eigenvalue weighted by molar-refractivity contribution is 14.1. The average Bonchev–Trinajstić information content (AvgIpc) is 3.29. The van der Waals surface area contributed by atoms with Gasteiger partial charge in [-0.1, -0.05) is 52.0 Å². The SMILES string of the molecule is C[C@H](Nc1ccc(I)cc1)c1nnc(SCC(=O)N/N=C\c2ccccc2OCc2ccc(Br)cc2)n1C. The molecule has 1 aromatic heterocycles. The first-order valence-corrected chi connectivity index (χ1v) is 14.6. The number of thioether (sulfide) groups is 1. The molecule has 196 valence electrons.